The lowest BCUT2D eigenvalue weighted by Crippen LogP contribution is -2.40. The van der Waals surface area contributed by atoms with Crippen molar-refractivity contribution in [3.63, 3.8) is 0 Å². The standard InChI is InChI=1S/C14H23NO/c1-4-14(16)13(15-11(2)3)10-12-8-6-5-7-9-12/h6,8-9,11,13,15H,4-5,7,10H2,1-3H3. The predicted molar refractivity (Wildman–Crippen MR) is 68.4 cm³/mol. The van der Waals surface area contributed by atoms with Crippen LogP contribution >= 0.6 is 0 Å². The van der Waals surface area contributed by atoms with Crippen LogP contribution in [0.15, 0.2) is 23.8 Å². The maximum absolute atomic E-state index is 11.8. The summed E-state index contributed by atoms with van der Waals surface area (Å²) in [5.74, 6) is 0.313. The molecular weight excluding hydrogens is 198 g/mol. The van der Waals surface area contributed by atoms with E-state index < -0.39 is 0 Å². The molecule has 0 saturated heterocycles. The van der Waals surface area contributed by atoms with Crippen LogP contribution < -0.4 is 5.32 Å². The molecule has 0 spiro atoms. The second-order valence-electron chi connectivity index (χ2n) is 4.66. The fourth-order valence-corrected chi connectivity index (χ4v) is 1.97. The minimum absolute atomic E-state index is 0.0148. The molecule has 0 amide bonds. The molecular formula is C14H23NO. The molecule has 0 radical (unpaired) electrons. The van der Waals surface area contributed by atoms with Gasteiger partial charge in [-0.25, -0.2) is 0 Å². The maximum atomic E-state index is 11.8. The summed E-state index contributed by atoms with van der Waals surface area (Å²) in [6.07, 6.45) is 10.3. The number of hydrogen-bond acceptors (Lipinski definition) is 2. The summed E-state index contributed by atoms with van der Waals surface area (Å²) < 4.78 is 0. The van der Waals surface area contributed by atoms with E-state index >= 15 is 0 Å². The van der Waals surface area contributed by atoms with Crippen molar-refractivity contribution in [3.05, 3.63) is 23.8 Å². The molecule has 0 fully saturated rings. The van der Waals surface area contributed by atoms with Crippen LogP contribution in [0.1, 0.15) is 46.5 Å². The van der Waals surface area contributed by atoms with Gasteiger partial charge in [0.25, 0.3) is 0 Å². The van der Waals surface area contributed by atoms with Crippen molar-refractivity contribution in [2.24, 2.45) is 0 Å². The number of allylic oxidation sites excluding steroid dienone is 3. The number of carbonyl (C=O) groups excluding carboxylic acids is 1. The summed E-state index contributed by atoms with van der Waals surface area (Å²) in [6, 6.07) is 0.340. The molecule has 0 aromatic carbocycles. The Kier molecular flexibility index (Phi) is 5.47. The fourth-order valence-electron chi connectivity index (χ4n) is 1.97. The molecule has 90 valence electrons. The number of Topliss-reactive ketones (excluding diaryl/α,β-unsaturated/α-hetero) is 1. The van der Waals surface area contributed by atoms with E-state index in [0.717, 1.165) is 19.3 Å². The Morgan fingerprint density at radius 1 is 1.44 bits per heavy atom. The second-order valence-corrected chi connectivity index (χ2v) is 4.66. The van der Waals surface area contributed by atoms with Gasteiger partial charge in [-0.3, -0.25) is 4.79 Å². The van der Waals surface area contributed by atoms with Gasteiger partial charge >= 0.3 is 0 Å². The van der Waals surface area contributed by atoms with E-state index in [9.17, 15) is 4.79 Å². The van der Waals surface area contributed by atoms with Crippen LogP contribution in [0.25, 0.3) is 0 Å². The zero-order valence-corrected chi connectivity index (χ0v) is 10.6. The van der Waals surface area contributed by atoms with Crippen molar-refractivity contribution in [2.45, 2.75) is 58.5 Å². The van der Waals surface area contributed by atoms with Gasteiger partial charge in [0.2, 0.25) is 0 Å². The SMILES string of the molecule is CCC(=O)C(CC1=CCCC=C1)NC(C)C. The highest BCUT2D eigenvalue weighted by Gasteiger charge is 2.18. The predicted octanol–water partition coefficient (Wildman–Crippen LogP) is 3.00. The third-order valence-corrected chi connectivity index (χ3v) is 2.78. The van der Waals surface area contributed by atoms with E-state index in [-0.39, 0.29) is 6.04 Å². The summed E-state index contributed by atoms with van der Waals surface area (Å²) >= 11 is 0. The number of rotatable bonds is 6. The highest BCUT2D eigenvalue weighted by Crippen LogP contribution is 2.16. The van der Waals surface area contributed by atoms with Crippen LogP contribution in [0.2, 0.25) is 0 Å². The maximum Gasteiger partial charge on any atom is 0.149 e. The number of nitrogens with one attached hydrogen (secondary N) is 1. The van der Waals surface area contributed by atoms with Gasteiger partial charge in [0.15, 0.2) is 0 Å². The Morgan fingerprint density at radius 3 is 2.69 bits per heavy atom. The molecule has 1 atom stereocenters. The number of carbonyl (C=O) groups is 1. The molecule has 1 aliphatic carbocycles. The van der Waals surface area contributed by atoms with E-state index in [1.807, 2.05) is 6.92 Å². The van der Waals surface area contributed by atoms with Crippen LogP contribution in [0, 0.1) is 0 Å². The molecule has 16 heavy (non-hydrogen) atoms. The van der Waals surface area contributed by atoms with Crippen LogP contribution in [0.4, 0.5) is 0 Å². The largest absolute Gasteiger partial charge is 0.305 e. The summed E-state index contributed by atoms with van der Waals surface area (Å²) in [4.78, 5) is 11.8. The second kappa shape index (κ2) is 6.64. The van der Waals surface area contributed by atoms with Gasteiger partial charge in [-0.2, -0.15) is 0 Å². The Bertz CT molecular complexity index is 289. The monoisotopic (exact) mass is 221 g/mol. The molecule has 0 heterocycles. The first-order valence-corrected chi connectivity index (χ1v) is 6.27. The summed E-state index contributed by atoms with van der Waals surface area (Å²) in [5, 5.41) is 3.35. The zero-order chi connectivity index (χ0) is 12.0. The first-order chi connectivity index (χ1) is 7.63. The van der Waals surface area contributed by atoms with Crippen molar-refractivity contribution in [3.8, 4) is 0 Å². The number of ketones is 1. The van der Waals surface area contributed by atoms with Gasteiger partial charge < -0.3 is 5.32 Å². The Morgan fingerprint density at radius 2 is 2.19 bits per heavy atom. The molecule has 1 N–H and O–H groups in total. The molecule has 2 nitrogen and oxygen atoms in total. The van der Waals surface area contributed by atoms with Crippen molar-refractivity contribution in [2.75, 3.05) is 0 Å². The average molecular weight is 221 g/mol. The topological polar surface area (TPSA) is 29.1 Å². The van der Waals surface area contributed by atoms with Gasteiger partial charge in [-0.1, -0.05) is 44.6 Å². The van der Waals surface area contributed by atoms with Gasteiger partial charge in [-0.15, -0.1) is 0 Å². The molecule has 1 unspecified atom stereocenters. The normalized spacial score (nSPS) is 17.4. The molecule has 0 bridgehead atoms. The van der Waals surface area contributed by atoms with Crippen molar-refractivity contribution in [1.82, 2.24) is 5.32 Å². The van der Waals surface area contributed by atoms with Crippen molar-refractivity contribution in [1.29, 1.82) is 0 Å². The highest BCUT2D eigenvalue weighted by molar-refractivity contribution is 5.84. The summed E-state index contributed by atoms with van der Waals surface area (Å²) in [7, 11) is 0. The first kappa shape index (κ1) is 13.2. The van der Waals surface area contributed by atoms with E-state index in [1.165, 1.54) is 5.57 Å². The third kappa shape index (κ3) is 4.31. The number of hydrogen-bond donors (Lipinski definition) is 1. The summed E-state index contributed by atoms with van der Waals surface area (Å²) in [5.41, 5.74) is 1.30. The molecule has 0 aliphatic heterocycles. The van der Waals surface area contributed by atoms with Gasteiger partial charge in [0.05, 0.1) is 6.04 Å². The van der Waals surface area contributed by atoms with Crippen LogP contribution in [0.3, 0.4) is 0 Å². The Hall–Kier alpha value is -0.890. The fraction of sp³-hybridized carbons (Fsp3) is 0.643. The molecule has 1 aliphatic rings. The van der Waals surface area contributed by atoms with E-state index in [1.54, 1.807) is 0 Å². The average Bonchev–Trinajstić information content (AvgIpc) is 2.28. The lowest BCUT2D eigenvalue weighted by molar-refractivity contribution is -0.120. The molecule has 1 rings (SSSR count). The quantitative estimate of drug-likeness (QED) is 0.747. The lowest BCUT2D eigenvalue weighted by Gasteiger charge is -2.21. The highest BCUT2D eigenvalue weighted by atomic mass is 16.1. The minimum atomic E-state index is -0.0148. The van der Waals surface area contributed by atoms with E-state index in [4.69, 9.17) is 0 Å². The van der Waals surface area contributed by atoms with Crippen LogP contribution in [-0.2, 0) is 4.79 Å². The Balaban J connectivity index is 2.58. The third-order valence-electron chi connectivity index (χ3n) is 2.78. The minimum Gasteiger partial charge on any atom is -0.305 e. The van der Waals surface area contributed by atoms with Crippen molar-refractivity contribution >= 4 is 5.78 Å². The molecule has 0 saturated carbocycles. The molecule has 0 aromatic rings. The van der Waals surface area contributed by atoms with Gasteiger partial charge in [0.1, 0.15) is 5.78 Å². The van der Waals surface area contributed by atoms with Crippen molar-refractivity contribution < 1.29 is 4.79 Å². The molecule has 0 aromatic heterocycles. The first-order valence-electron chi connectivity index (χ1n) is 6.27. The van der Waals surface area contributed by atoms with Crippen LogP contribution in [0.5, 0.6) is 0 Å². The zero-order valence-electron chi connectivity index (χ0n) is 10.6. The smallest absolute Gasteiger partial charge is 0.149 e. The van der Waals surface area contributed by atoms with Gasteiger partial charge in [0, 0.05) is 12.5 Å². The van der Waals surface area contributed by atoms with Gasteiger partial charge in [-0.05, 0) is 19.3 Å². The molecule has 2 heteroatoms. The summed E-state index contributed by atoms with van der Waals surface area (Å²) in [6.45, 7) is 6.10. The van der Waals surface area contributed by atoms with Crippen LogP contribution in [-0.4, -0.2) is 17.9 Å². The Labute approximate surface area is 98.8 Å². The van der Waals surface area contributed by atoms with E-state index in [0.29, 0.717) is 18.2 Å². The lowest BCUT2D eigenvalue weighted by atomic mass is 9.96. The van der Waals surface area contributed by atoms with E-state index in [2.05, 4.69) is 37.4 Å².